The summed E-state index contributed by atoms with van der Waals surface area (Å²) in [5.41, 5.74) is 5.04. The Morgan fingerprint density at radius 1 is 1.18 bits per heavy atom. The fourth-order valence-corrected chi connectivity index (χ4v) is 2.45. The molecular weight excluding hydrogens is 348 g/mol. The number of furan rings is 1. The molecule has 0 radical (unpaired) electrons. The molecule has 1 aromatic heterocycles. The van der Waals surface area contributed by atoms with Crippen molar-refractivity contribution < 1.29 is 4.42 Å². The summed E-state index contributed by atoms with van der Waals surface area (Å²) in [4.78, 5) is 0. The van der Waals surface area contributed by atoms with Gasteiger partial charge in [0.25, 0.3) is 0 Å². The topological polar surface area (TPSA) is 51.2 Å². The summed E-state index contributed by atoms with van der Waals surface area (Å²) in [5.74, 6) is 5.59. The molecule has 1 aromatic carbocycles. The fraction of sp³-hybridized carbons (Fsp3) is 0.167. The van der Waals surface area contributed by atoms with Gasteiger partial charge >= 0.3 is 0 Å². The maximum absolute atomic E-state index is 5.59. The van der Waals surface area contributed by atoms with Gasteiger partial charge in [-0.2, -0.15) is 0 Å². The third-order valence-corrected chi connectivity index (χ3v) is 3.75. The zero-order chi connectivity index (χ0) is 12.3. The quantitative estimate of drug-likeness (QED) is 0.648. The van der Waals surface area contributed by atoms with Crippen LogP contribution in [0.3, 0.4) is 0 Å². The van der Waals surface area contributed by atoms with E-state index in [2.05, 4.69) is 49.4 Å². The van der Waals surface area contributed by atoms with Gasteiger partial charge in [-0.25, -0.2) is 0 Å². The average molecular weight is 360 g/mol. The van der Waals surface area contributed by atoms with Crippen LogP contribution in [-0.2, 0) is 6.42 Å². The van der Waals surface area contributed by atoms with Gasteiger partial charge in [-0.05, 0) is 46.1 Å². The molecule has 0 fully saturated rings. The summed E-state index contributed by atoms with van der Waals surface area (Å²) in [6.45, 7) is 0. The smallest absolute Gasteiger partial charge is 0.173 e. The Labute approximate surface area is 117 Å². The van der Waals surface area contributed by atoms with E-state index in [0.29, 0.717) is 0 Å². The van der Waals surface area contributed by atoms with E-state index in [0.717, 1.165) is 21.1 Å². The van der Waals surface area contributed by atoms with Crippen molar-refractivity contribution in [3.8, 4) is 0 Å². The van der Waals surface area contributed by atoms with Crippen LogP contribution in [0.5, 0.6) is 0 Å². The highest BCUT2D eigenvalue weighted by atomic mass is 79.9. The standard InChI is InChI=1S/C12H12Br2N2O/c13-9-3-1-8(2-4-9)7-11(16-15)10-5-6-17-12(10)14/h1-6,11,16H,7,15H2. The molecule has 0 spiro atoms. The fourth-order valence-electron chi connectivity index (χ4n) is 1.67. The van der Waals surface area contributed by atoms with Crippen LogP contribution in [0, 0.1) is 0 Å². The van der Waals surface area contributed by atoms with E-state index < -0.39 is 0 Å². The van der Waals surface area contributed by atoms with Crippen molar-refractivity contribution in [1.29, 1.82) is 0 Å². The Hall–Kier alpha value is -0.620. The van der Waals surface area contributed by atoms with E-state index in [9.17, 15) is 0 Å². The van der Waals surface area contributed by atoms with E-state index in [4.69, 9.17) is 10.3 Å². The number of hydrogen-bond acceptors (Lipinski definition) is 3. The van der Waals surface area contributed by atoms with Crippen LogP contribution in [0.4, 0.5) is 0 Å². The highest BCUT2D eigenvalue weighted by molar-refractivity contribution is 9.10. The summed E-state index contributed by atoms with van der Waals surface area (Å²) < 4.78 is 7.01. The first kappa shape index (κ1) is 12.8. The second kappa shape index (κ2) is 5.82. The molecule has 0 aliphatic heterocycles. The molecule has 3 nitrogen and oxygen atoms in total. The van der Waals surface area contributed by atoms with Crippen molar-refractivity contribution in [2.45, 2.75) is 12.5 Å². The lowest BCUT2D eigenvalue weighted by atomic mass is 10.0. The molecule has 0 bridgehead atoms. The van der Waals surface area contributed by atoms with Crippen LogP contribution in [0.1, 0.15) is 17.2 Å². The van der Waals surface area contributed by atoms with Crippen LogP contribution in [0.25, 0.3) is 0 Å². The molecule has 1 heterocycles. The minimum atomic E-state index is 0.0318. The molecule has 0 saturated heterocycles. The normalized spacial score (nSPS) is 12.6. The van der Waals surface area contributed by atoms with Gasteiger partial charge in [-0.3, -0.25) is 11.3 Å². The van der Waals surface area contributed by atoms with E-state index in [1.165, 1.54) is 5.56 Å². The van der Waals surface area contributed by atoms with Crippen molar-refractivity contribution >= 4 is 31.9 Å². The molecule has 0 saturated carbocycles. The lowest BCUT2D eigenvalue weighted by molar-refractivity contribution is 0.507. The van der Waals surface area contributed by atoms with E-state index in [1.54, 1.807) is 6.26 Å². The maximum atomic E-state index is 5.59. The number of nitrogens with one attached hydrogen (secondary N) is 1. The van der Waals surface area contributed by atoms with Gasteiger partial charge in [0.1, 0.15) is 0 Å². The molecule has 0 aliphatic rings. The first-order valence-corrected chi connectivity index (χ1v) is 6.72. The van der Waals surface area contributed by atoms with Gasteiger partial charge in [0.2, 0.25) is 0 Å². The third kappa shape index (κ3) is 3.19. The van der Waals surface area contributed by atoms with E-state index in [1.807, 2.05) is 18.2 Å². The minimum absolute atomic E-state index is 0.0318. The summed E-state index contributed by atoms with van der Waals surface area (Å²) in [7, 11) is 0. The summed E-state index contributed by atoms with van der Waals surface area (Å²) in [6.07, 6.45) is 2.45. The molecule has 1 unspecified atom stereocenters. The summed E-state index contributed by atoms with van der Waals surface area (Å²) >= 11 is 6.78. The second-order valence-electron chi connectivity index (χ2n) is 3.70. The van der Waals surface area contributed by atoms with Gasteiger partial charge in [0.15, 0.2) is 4.67 Å². The Kier molecular flexibility index (Phi) is 4.39. The number of rotatable bonds is 4. The summed E-state index contributed by atoms with van der Waals surface area (Å²) in [5, 5.41) is 0. The molecule has 0 aliphatic carbocycles. The molecule has 2 rings (SSSR count). The molecule has 5 heteroatoms. The maximum Gasteiger partial charge on any atom is 0.173 e. The van der Waals surface area contributed by atoms with Gasteiger partial charge in [-0.15, -0.1) is 0 Å². The number of benzene rings is 1. The number of hydrazine groups is 1. The monoisotopic (exact) mass is 358 g/mol. The van der Waals surface area contributed by atoms with Gasteiger partial charge in [0.05, 0.1) is 12.3 Å². The van der Waals surface area contributed by atoms with Crippen LogP contribution >= 0.6 is 31.9 Å². The molecule has 2 aromatic rings. The number of halogens is 2. The minimum Gasteiger partial charge on any atom is -0.457 e. The van der Waals surface area contributed by atoms with Gasteiger partial charge in [0, 0.05) is 10.0 Å². The van der Waals surface area contributed by atoms with Crippen LogP contribution in [0.2, 0.25) is 0 Å². The van der Waals surface area contributed by atoms with Crippen molar-refractivity contribution in [3.05, 3.63) is 56.9 Å². The molecule has 0 amide bonds. The molecule has 17 heavy (non-hydrogen) atoms. The highest BCUT2D eigenvalue weighted by Gasteiger charge is 2.15. The van der Waals surface area contributed by atoms with Crippen molar-refractivity contribution in [3.63, 3.8) is 0 Å². The first-order chi connectivity index (χ1) is 8.20. The zero-order valence-electron chi connectivity index (χ0n) is 8.99. The lowest BCUT2D eigenvalue weighted by Crippen LogP contribution is -2.29. The summed E-state index contributed by atoms with van der Waals surface area (Å²) in [6, 6.07) is 10.1. The molecule has 1 atom stereocenters. The Bertz CT molecular complexity index is 482. The SMILES string of the molecule is NNC(Cc1ccc(Br)cc1)c1ccoc1Br. The Morgan fingerprint density at radius 2 is 1.88 bits per heavy atom. The number of nitrogens with two attached hydrogens (primary N) is 1. The largest absolute Gasteiger partial charge is 0.457 e. The lowest BCUT2D eigenvalue weighted by Gasteiger charge is -2.14. The highest BCUT2D eigenvalue weighted by Crippen LogP contribution is 2.26. The van der Waals surface area contributed by atoms with Gasteiger partial charge in [-0.1, -0.05) is 28.1 Å². The predicted molar refractivity (Wildman–Crippen MR) is 74.3 cm³/mol. The van der Waals surface area contributed by atoms with E-state index >= 15 is 0 Å². The van der Waals surface area contributed by atoms with E-state index in [-0.39, 0.29) is 6.04 Å². The first-order valence-electron chi connectivity index (χ1n) is 5.14. The van der Waals surface area contributed by atoms with Crippen molar-refractivity contribution in [1.82, 2.24) is 5.43 Å². The second-order valence-corrected chi connectivity index (χ2v) is 5.34. The average Bonchev–Trinajstić information content (AvgIpc) is 2.75. The molecule has 90 valence electrons. The number of hydrogen-bond donors (Lipinski definition) is 2. The zero-order valence-corrected chi connectivity index (χ0v) is 12.2. The van der Waals surface area contributed by atoms with Crippen LogP contribution < -0.4 is 11.3 Å². The Morgan fingerprint density at radius 3 is 2.41 bits per heavy atom. The van der Waals surface area contributed by atoms with Gasteiger partial charge < -0.3 is 4.42 Å². The van der Waals surface area contributed by atoms with Crippen molar-refractivity contribution in [2.75, 3.05) is 0 Å². The molecule has 3 N–H and O–H groups in total. The predicted octanol–water partition coefficient (Wildman–Crippen LogP) is 3.55. The molecular formula is C12H12Br2N2O. The van der Waals surface area contributed by atoms with Crippen LogP contribution in [0.15, 0.2) is 50.2 Å². The van der Waals surface area contributed by atoms with Crippen molar-refractivity contribution in [2.24, 2.45) is 5.84 Å². The van der Waals surface area contributed by atoms with Crippen LogP contribution in [-0.4, -0.2) is 0 Å². The third-order valence-electron chi connectivity index (χ3n) is 2.58. The Balaban J connectivity index is 2.16.